The molecule has 0 spiro atoms. The fourth-order valence-corrected chi connectivity index (χ4v) is 2.67. The van der Waals surface area contributed by atoms with E-state index in [0.29, 0.717) is 36.6 Å². The molecule has 140 valence electrons. The quantitative estimate of drug-likeness (QED) is 0.746. The number of para-hydroxylation sites is 1. The normalized spacial score (nSPS) is 10.2. The van der Waals surface area contributed by atoms with Gasteiger partial charge in [-0.05, 0) is 30.2 Å². The minimum absolute atomic E-state index is 0.0374. The lowest BCUT2D eigenvalue weighted by Crippen LogP contribution is -2.23. The number of hydrogen-bond donors (Lipinski definition) is 1. The van der Waals surface area contributed by atoms with Crippen molar-refractivity contribution < 1.29 is 23.7 Å². The van der Waals surface area contributed by atoms with Gasteiger partial charge in [-0.25, -0.2) is 0 Å². The Hall–Kier alpha value is -2.89. The maximum Gasteiger partial charge on any atom is 0.220 e. The molecular formula is C20H25NO5. The van der Waals surface area contributed by atoms with E-state index in [9.17, 15) is 4.79 Å². The van der Waals surface area contributed by atoms with Crippen molar-refractivity contribution in [3.8, 4) is 23.0 Å². The molecule has 2 rings (SSSR count). The lowest BCUT2D eigenvalue weighted by Gasteiger charge is -2.14. The molecule has 6 heteroatoms. The molecule has 0 aliphatic carbocycles. The van der Waals surface area contributed by atoms with Gasteiger partial charge in [-0.2, -0.15) is 0 Å². The predicted molar refractivity (Wildman–Crippen MR) is 99.3 cm³/mol. The zero-order chi connectivity index (χ0) is 18.9. The molecule has 2 aromatic carbocycles. The summed E-state index contributed by atoms with van der Waals surface area (Å²) < 4.78 is 21.3. The average Bonchev–Trinajstić information content (AvgIpc) is 2.69. The maximum atomic E-state index is 12.2. The van der Waals surface area contributed by atoms with Crippen LogP contribution in [0.25, 0.3) is 0 Å². The first-order valence-electron chi connectivity index (χ1n) is 8.30. The van der Waals surface area contributed by atoms with Crippen LogP contribution in [0.5, 0.6) is 23.0 Å². The van der Waals surface area contributed by atoms with Gasteiger partial charge in [0.2, 0.25) is 11.7 Å². The highest BCUT2D eigenvalue weighted by Gasteiger charge is 2.14. The molecule has 0 unspecified atom stereocenters. The number of nitrogens with one attached hydrogen (secondary N) is 1. The molecule has 0 atom stereocenters. The second kappa shape index (κ2) is 9.56. The standard InChI is InChI=1S/C20H25NO5/c1-23-16-8-6-5-7-15(16)13-21-19(22)10-9-14-11-17(24-2)20(26-4)18(12-14)25-3/h5-8,11-12H,9-10,13H2,1-4H3,(H,21,22). The van der Waals surface area contributed by atoms with E-state index < -0.39 is 0 Å². The van der Waals surface area contributed by atoms with E-state index in [1.54, 1.807) is 28.4 Å². The smallest absolute Gasteiger partial charge is 0.220 e. The van der Waals surface area contributed by atoms with Gasteiger partial charge in [-0.1, -0.05) is 18.2 Å². The van der Waals surface area contributed by atoms with Crippen LogP contribution in [0.3, 0.4) is 0 Å². The van der Waals surface area contributed by atoms with Crippen molar-refractivity contribution in [2.24, 2.45) is 0 Å². The molecule has 26 heavy (non-hydrogen) atoms. The average molecular weight is 359 g/mol. The fraction of sp³-hybridized carbons (Fsp3) is 0.350. The van der Waals surface area contributed by atoms with Gasteiger partial charge in [0.1, 0.15) is 5.75 Å². The number of benzene rings is 2. The number of amides is 1. The summed E-state index contributed by atoms with van der Waals surface area (Å²) >= 11 is 0. The minimum atomic E-state index is -0.0374. The molecule has 6 nitrogen and oxygen atoms in total. The monoisotopic (exact) mass is 359 g/mol. The molecule has 0 aromatic heterocycles. The van der Waals surface area contributed by atoms with E-state index >= 15 is 0 Å². The molecule has 2 aromatic rings. The zero-order valence-corrected chi connectivity index (χ0v) is 15.6. The van der Waals surface area contributed by atoms with Crippen LogP contribution in [0.1, 0.15) is 17.5 Å². The molecule has 1 amide bonds. The van der Waals surface area contributed by atoms with Gasteiger partial charge in [0, 0.05) is 18.5 Å². The topological polar surface area (TPSA) is 66.0 Å². The van der Waals surface area contributed by atoms with Gasteiger partial charge in [-0.15, -0.1) is 0 Å². The van der Waals surface area contributed by atoms with Crippen LogP contribution >= 0.6 is 0 Å². The van der Waals surface area contributed by atoms with Crippen LogP contribution in [0, 0.1) is 0 Å². The number of ether oxygens (including phenoxy) is 4. The SMILES string of the molecule is COc1ccccc1CNC(=O)CCc1cc(OC)c(OC)c(OC)c1. The number of hydrogen-bond acceptors (Lipinski definition) is 5. The number of methoxy groups -OCH3 is 4. The minimum Gasteiger partial charge on any atom is -0.496 e. The second-order valence-corrected chi connectivity index (χ2v) is 5.62. The molecule has 0 saturated heterocycles. The summed E-state index contributed by atoms with van der Waals surface area (Å²) in [5, 5.41) is 2.92. The summed E-state index contributed by atoms with van der Waals surface area (Å²) in [5.74, 6) is 2.43. The number of rotatable bonds is 9. The molecule has 0 aliphatic heterocycles. The number of aryl methyl sites for hydroxylation is 1. The summed E-state index contributed by atoms with van der Waals surface area (Å²) in [7, 11) is 6.32. The molecule has 0 fully saturated rings. The second-order valence-electron chi connectivity index (χ2n) is 5.62. The highest BCUT2D eigenvalue weighted by atomic mass is 16.5. The first-order chi connectivity index (χ1) is 12.6. The third kappa shape index (κ3) is 4.81. The van der Waals surface area contributed by atoms with Gasteiger partial charge in [0.05, 0.1) is 28.4 Å². The predicted octanol–water partition coefficient (Wildman–Crippen LogP) is 2.97. The van der Waals surface area contributed by atoms with Crippen molar-refractivity contribution in [1.29, 1.82) is 0 Å². The van der Waals surface area contributed by atoms with Crippen LogP contribution in [0.4, 0.5) is 0 Å². The maximum absolute atomic E-state index is 12.2. The van der Waals surface area contributed by atoms with Crippen molar-refractivity contribution >= 4 is 5.91 Å². The van der Waals surface area contributed by atoms with Crippen LogP contribution in [0.2, 0.25) is 0 Å². The molecule has 1 N–H and O–H groups in total. The molecule has 0 radical (unpaired) electrons. The highest BCUT2D eigenvalue weighted by molar-refractivity contribution is 5.76. The van der Waals surface area contributed by atoms with Gasteiger partial charge in [0.15, 0.2) is 11.5 Å². The summed E-state index contributed by atoms with van der Waals surface area (Å²) in [6.45, 7) is 0.429. The van der Waals surface area contributed by atoms with Gasteiger partial charge in [0.25, 0.3) is 0 Å². The van der Waals surface area contributed by atoms with Crippen molar-refractivity contribution in [2.45, 2.75) is 19.4 Å². The van der Waals surface area contributed by atoms with Gasteiger partial charge >= 0.3 is 0 Å². The zero-order valence-electron chi connectivity index (χ0n) is 15.6. The number of carbonyl (C=O) groups excluding carboxylic acids is 1. The Bertz CT molecular complexity index is 720. The van der Waals surface area contributed by atoms with Crippen LogP contribution in [-0.4, -0.2) is 34.3 Å². The van der Waals surface area contributed by atoms with Crippen molar-refractivity contribution in [3.05, 3.63) is 47.5 Å². The summed E-state index contributed by atoms with van der Waals surface area (Å²) in [6.07, 6.45) is 0.919. The van der Waals surface area contributed by atoms with E-state index in [1.807, 2.05) is 36.4 Å². The summed E-state index contributed by atoms with van der Waals surface area (Å²) in [6, 6.07) is 11.3. The molecule has 0 aliphatic rings. The van der Waals surface area contributed by atoms with E-state index in [0.717, 1.165) is 16.9 Å². The van der Waals surface area contributed by atoms with E-state index in [2.05, 4.69) is 5.32 Å². The van der Waals surface area contributed by atoms with Crippen LogP contribution in [0.15, 0.2) is 36.4 Å². The fourth-order valence-electron chi connectivity index (χ4n) is 2.67. The van der Waals surface area contributed by atoms with Gasteiger partial charge < -0.3 is 24.3 Å². The van der Waals surface area contributed by atoms with E-state index in [1.165, 1.54) is 0 Å². The Kier molecular flexibility index (Phi) is 7.14. The van der Waals surface area contributed by atoms with Gasteiger partial charge in [-0.3, -0.25) is 4.79 Å². The van der Waals surface area contributed by atoms with Crippen LogP contribution < -0.4 is 24.3 Å². The molecular weight excluding hydrogens is 334 g/mol. The molecule has 0 heterocycles. The van der Waals surface area contributed by atoms with E-state index in [-0.39, 0.29) is 5.91 Å². The van der Waals surface area contributed by atoms with Crippen molar-refractivity contribution in [3.63, 3.8) is 0 Å². The lowest BCUT2D eigenvalue weighted by atomic mass is 10.1. The Morgan fingerprint density at radius 1 is 0.885 bits per heavy atom. The molecule has 0 bridgehead atoms. The first-order valence-corrected chi connectivity index (χ1v) is 8.30. The molecule has 0 saturated carbocycles. The lowest BCUT2D eigenvalue weighted by molar-refractivity contribution is -0.121. The Morgan fingerprint density at radius 2 is 1.50 bits per heavy atom. The highest BCUT2D eigenvalue weighted by Crippen LogP contribution is 2.38. The number of carbonyl (C=O) groups is 1. The largest absolute Gasteiger partial charge is 0.496 e. The third-order valence-corrected chi connectivity index (χ3v) is 4.03. The van der Waals surface area contributed by atoms with E-state index in [4.69, 9.17) is 18.9 Å². The Balaban J connectivity index is 1.96. The van der Waals surface area contributed by atoms with Crippen molar-refractivity contribution in [1.82, 2.24) is 5.32 Å². The third-order valence-electron chi connectivity index (χ3n) is 4.03. The summed E-state index contributed by atoms with van der Waals surface area (Å²) in [4.78, 5) is 12.2. The first kappa shape index (κ1) is 19.4. The Morgan fingerprint density at radius 3 is 2.08 bits per heavy atom. The van der Waals surface area contributed by atoms with Crippen LogP contribution in [-0.2, 0) is 17.8 Å². The summed E-state index contributed by atoms with van der Waals surface area (Å²) in [5.41, 5.74) is 1.88. The van der Waals surface area contributed by atoms with Crippen molar-refractivity contribution in [2.75, 3.05) is 28.4 Å². The Labute approximate surface area is 154 Å².